The van der Waals surface area contributed by atoms with Gasteiger partial charge in [0, 0.05) is 16.7 Å². The van der Waals surface area contributed by atoms with Gasteiger partial charge in [-0.2, -0.15) is 0 Å². The molecule has 0 spiro atoms. The Bertz CT molecular complexity index is 1180. The quantitative estimate of drug-likeness (QED) is 0.371. The number of carbonyl (C=O) groups is 2. The Morgan fingerprint density at radius 1 is 0.567 bits per heavy atom. The number of ether oxygens (including phenoxy) is 1. The van der Waals surface area contributed by atoms with Crippen LogP contribution in [0.5, 0.6) is 11.5 Å². The Balaban J connectivity index is 1.58. The van der Waals surface area contributed by atoms with Crippen LogP contribution in [0, 0.1) is 5.82 Å². The molecule has 0 N–H and O–H groups in total. The van der Waals surface area contributed by atoms with Gasteiger partial charge in [-0.05, 0) is 36.4 Å². The summed E-state index contributed by atoms with van der Waals surface area (Å²) < 4.78 is 18.9. The van der Waals surface area contributed by atoms with E-state index < -0.39 is 0 Å². The second-order valence-electron chi connectivity index (χ2n) is 6.65. The van der Waals surface area contributed by atoms with E-state index in [1.807, 2.05) is 18.2 Å². The van der Waals surface area contributed by atoms with Crippen molar-refractivity contribution in [3.63, 3.8) is 0 Å². The predicted octanol–water partition coefficient (Wildman–Crippen LogP) is 6.08. The van der Waals surface area contributed by atoms with Crippen molar-refractivity contribution in [1.82, 2.24) is 0 Å². The third-order valence-electron chi connectivity index (χ3n) is 4.62. The highest BCUT2D eigenvalue weighted by atomic mass is 19.1. The highest BCUT2D eigenvalue weighted by Crippen LogP contribution is 2.27. The van der Waals surface area contributed by atoms with Gasteiger partial charge in [-0.25, -0.2) is 4.39 Å². The van der Waals surface area contributed by atoms with E-state index in [0.717, 1.165) is 0 Å². The van der Waals surface area contributed by atoms with Crippen molar-refractivity contribution in [1.29, 1.82) is 0 Å². The van der Waals surface area contributed by atoms with E-state index in [1.165, 1.54) is 24.3 Å². The number of halogens is 1. The topological polar surface area (TPSA) is 43.4 Å². The molecule has 3 nitrogen and oxygen atoms in total. The van der Waals surface area contributed by atoms with Gasteiger partial charge in [0.1, 0.15) is 17.3 Å². The maximum atomic E-state index is 13.1. The van der Waals surface area contributed by atoms with E-state index in [0.29, 0.717) is 33.8 Å². The monoisotopic (exact) mass is 396 g/mol. The van der Waals surface area contributed by atoms with Crippen LogP contribution in [0.2, 0.25) is 0 Å². The molecule has 4 aromatic rings. The molecule has 0 saturated heterocycles. The van der Waals surface area contributed by atoms with Gasteiger partial charge in [0.05, 0.1) is 5.56 Å². The minimum atomic E-state index is -0.364. The van der Waals surface area contributed by atoms with Gasteiger partial charge >= 0.3 is 0 Å². The molecule has 146 valence electrons. The molecule has 0 unspecified atom stereocenters. The summed E-state index contributed by atoms with van der Waals surface area (Å²) in [5, 5.41) is 0. The van der Waals surface area contributed by atoms with Gasteiger partial charge in [0.15, 0.2) is 11.6 Å². The molecule has 0 aromatic heterocycles. The first-order valence-corrected chi connectivity index (χ1v) is 9.39. The van der Waals surface area contributed by atoms with Crippen LogP contribution < -0.4 is 4.74 Å². The van der Waals surface area contributed by atoms with Crippen molar-refractivity contribution in [2.45, 2.75) is 0 Å². The molecule has 0 fully saturated rings. The third-order valence-corrected chi connectivity index (χ3v) is 4.62. The zero-order chi connectivity index (χ0) is 20.9. The molecule has 4 rings (SSSR count). The fourth-order valence-corrected chi connectivity index (χ4v) is 3.06. The first-order valence-electron chi connectivity index (χ1n) is 9.39. The van der Waals surface area contributed by atoms with E-state index in [-0.39, 0.29) is 17.4 Å². The van der Waals surface area contributed by atoms with Gasteiger partial charge < -0.3 is 4.74 Å². The van der Waals surface area contributed by atoms with E-state index in [2.05, 4.69) is 0 Å². The van der Waals surface area contributed by atoms with Crippen molar-refractivity contribution in [3.05, 3.63) is 131 Å². The van der Waals surface area contributed by atoms with Crippen molar-refractivity contribution in [2.75, 3.05) is 0 Å². The van der Waals surface area contributed by atoms with E-state index in [4.69, 9.17) is 4.74 Å². The average molecular weight is 396 g/mol. The summed E-state index contributed by atoms with van der Waals surface area (Å²) in [7, 11) is 0. The summed E-state index contributed by atoms with van der Waals surface area (Å²) in [6, 6.07) is 28.0. The average Bonchev–Trinajstić information content (AvgIpc) is 2.81. The van der Waals surface area contributed by atoms with Gasteiger partial charge in [-0.3, -0.25) is 9.59 Å². The summed E-state index contributed by atoms with van der Waals surface area (Å²) in [5.41, 5.74) is 1.92. The Labute approximate surface area is 173 Å². The first kappa shape index (κ1) is 19.3. The number of hydrogen-bond acceptors (Lipinski definition) is 3. The second-order valence-corrected chi connectivity index (χ2v) is 6.65. The molecular weight excluding hydrogens is 379 g/mol. The van der Waals surface area contributed by atoms with E-state index in [1.54, 1.807) is 60.7 Å². The molecule has 0 aliphatic rings. The number of rotatable bonds is 6. The maximum Gasteiger partial charge on any atom is 0.196 e. The number of benzene rings is 4. The lowest BCUT2D eigenvalue weighted by atomic mass is 9.98. The minimum absolute atomic E-state index is 0.102. The second kappa shape index (κ2) is 8.53. The van der Waals surface area contributed by atoms with Crippen LogP contribution in [0.1, 0.15) is 31.8 Å². The van der Waals surface area contributed by atoms with Gasteiger partial charge in [0.2, 0.25) is 0 Å². The van der Waals surface area contributed by atoms with E-state index >= 15 is 0 Å². The molecule has 0 atom stereocenters. The predicted molar refractivity (Wildman–Crippen MR) is 113 cm³/mol. The summed E-state index contributed by atoms with van der Waals surface area (Å²) in [4.78, 5) is 25.6. The lowest BCUT2D eigenvalue weighted by Crippen LogP contribution is -2.05. The highest BCUT2D eigenvalue weighted by Gasteiger charge is 2.16. The fourth-order valence-electron chi connectivity index (χ4n) is 3.06. The van der Waals surface area contributed by atoms with Crippen molar-refractivity contribution in [2.24, 2.45) is 0 Å². The van der Waals surface area contributed by atoms with Crippen LogP contribution >= 0.6 is 0 Å². The fraction of sp³-hybridized carbons (Fsp3) is 0. The number of hydrogen-bond donors (Lipinski definition) is 0. The Morgan fingerprint density at radius 3 is 1.77 bits per heavy atom. The van der Waals surface area contributed by atoms with Crippen LogP contribution in [0.15, 0.2) is 103 Å². The number of para-hydroxylation sites is 1. The lowest BCUT2D eigenvalue weighted by Gasteiger charge is -2.11. The Hall–Kier alpha value is -4.05. The third kappa shape index (κ3) is 4.18. The zero-order valence-corrected chi connectivity index (χ0v) is 15.9. The molecule has 0 bridgehead atoms. The normalized spacial score (nSPS) is 10.4. The van der Waals surface area contributed by atoms with Crippen LogP contribution in [0.25, 0.3) is 0 Å². The molecule has 30 heavy (non-hydrogen) atoms. The summed E-state index contributed by atoms with van der Waals surface area (Å²) in [5.74, 6) is 0.108. The van der Waals surface area contributed by atoms with Gasteiger partial charge in [-0.1, -0.05) is 66.7 Å². The molecular formula is C26H17FO3. The lowest BCUT2D eigenvalue weighted by molar-refractivity contribution is 0.102. The SMILES string of the molecule is O=C(c1ccccc1)c1ccc(C(=O)c2ccccc2Oc2ccc(F)cc2)cc1. The maximum absolute atomic E-state index is 13.1. The number of carbonyl (C=O) groups excluding carboxylic acids is 2. The summed E-state index contributed by atoms with van der Waals surface area (Å²) in [6.45, 7) is 0. The smallest absolute Gasteiger partial charge is 0.196 e. The molecule has 4 aromatic carbocycles. The van der Waals surface area contributed by atoms with Crippen molar-refractivity contribution in [3.8, 4) is 11.5 Å². The summed E-state index contributed by atoms with van der Waals surface area (Å²) >= 11 is 0. The van der Waals surface area contributed by atoms with Crippen molar-refractivity contribution < 1.29 is 18.7 Å². The van der Waals surface area contributed by atoms with Crippen molar-refractivity contribution >= 4 is 11.6 Å². The molecule has 0 saturated carbocycles. The number of ketones is 2. The molecule has 0 radical (unpaired) electrons. The molecule has 4 heteroatoms. The molecule has 0 amide bonds. The molecule has 0 aliphatic heterocycles. The van der Waals surface area contributed by atoms with Crippen LogP contribution in [-0.2, 0) is 0 Å². The minimum Gasteiger partial charge on any atom is -0.457 e. The summed E-state index contributed by atoms with van der Waals surface area (Å²) in [6.07, 6.45) is 0. The van der Waals surface area contributed by atoms with E-state index in [9.17, 15) is 14.0 Å². The van der Waals surface area contributed by atoms with Crippen LogP contribution in [-0.4, -0.2) is 11.6 Å². The zero-order valence-electron chi connectivity index (χ0n) is 15.9. The van der Waals surface area contributed by atoms with Crippen LogP contribution in [0.4, 0.5) is 4.39 Å². The largest absolute Gasteiger partial charge is 0.457 e. The van der Waals surface area contributed by atoms with Gasteiger partial charge in [-0.15, -0.1) is 0 Å². The van der Waals surface area contributed by atoms with Crippen LogP contribution in [0.3, 0.4) is 0 Å². The molecule has 0 aliphatic carbocycles. The molecule has 0 heterocycles. The highest BCUT2D eigenvalue weighted by molar-refractivity contribution is 6.12. The van der Waals surface area contributed by atoms with Gasteiger partial charge in [0.25, 0.3) is 0 Å². The standard InChI is InChI=1S/C26H17FO3/c27-21-14-16-22(17-15-21)30-24-9-5-4-8-23(24)26(29)20-12-10-19(11-13-20)25(28)18-6-2-1-3-7-18/h1-17H. The Kier molecular flexibility index (Phi) is 5.48. The Morgan fingerprint density at radius 2 is 1.10 bits per heavy atom. The first-order chi connectivity index (χ1) is 14.6.